The van der Waals surface area contributed by atoms with E-state index in [1.165, 1.54) is 12.1 Å². The molecule has 0 radical (unpaired) electrons. The van der Waals surface area contributed by atoms with Gasteiger partial charge in [-0.2, -0.15) is 5.26 Å². The Kier molecular flexibility index (Phi) is 3.88. The Labute approximate surface area is 95.0 Å². The quantitative estimate of drug-likeness (QED) is 0.629. The summed E-state index contributed by atoms with van der Waals surface area (Å²) in [7, 11) is 0. The molecule has 16 heavy (non-hydrogen) atoms. The van der Waals surface area contributed by atoms with Crippen LogP contribution in [0.25, 0.3) is 0 Å². The van der Waals surface area contributed by atoms with Gasteiger partial charge in [0.1, 0.15) is 11.8 Å². The largest absolute Gasteiger partial charge is 0.508 e. The smallest absolute Gasteiger partial charge is 0.204 e. The lowest BCUT2D eigenvalue weighted by Gasteiger charge is -2.19. The highest BCUT2D eigenvalue weighted by molar-refractivity contribution is 5.29. The van der Waals surface area contributed by atoms with Gasteiger partial charge in [-0.3, -0.25) is 0 Å². The Morgan fingerprint density at radius 1 is 1.25 bits per heavy atom. The maximum absolute atomic E-state index is 9.12. The molecule has 0 aliphatic heterocycles. The summed E-state index contributed by atoms with van der Waals surface area (Å²) in [6.07, 6.45) is -0.792. The number of nitrogens with zero attached hydrogens (tertiary/aromatic N) is 1. The van der Waals surface area contributed by atoms with Gasteiger partial charge in [0.05, 0.1) is 5.60 Å². The third-order valence-corrected chi connectivity index (χ3v) is 1.71. The molecule has 0 amide bonds. The van der Waals surface area contributed by atoms with Crippen molar-refractivity contribution >= 4 is 0 Å². The molecule has 0 heterocycles. The van der Waals surface area contributed by atoms with Crippen LogP contribution in [0.4, 0.5) is 0 Å². The van der Waals surface area contributed by atoms with Gasteiger partial charge in [-0.1, -0.05) is 12.1 Å². The van der Waals surface area contributed by atoms with Crippen LogP contribution in [0.1, 0.15) is 32.4 Å². The highest BCUT2D eigenvalue weighted by Crippen LogP contribution is 2.21. The van der Waals surface area contributed by atoms with Gasteiger partial charge >= 0.3 is 0 Å². The number of phenols is 1. The lowest BCUT2D eigenvalue weighted by Crippen LogP contribution is -2.20. The standard InChI is InChI=1S/C12H15NO3/c1-12(2,3)16-15-11(8-13)9-4-6-10(14)7-5-9/h4-7,11,14H,1-3H3. The predicted octanol–water partition coefficient (Wildman–Crippen LogP) is 2.70. The van der Waals surface area contributed by atoms with Crippen molar-refractivity contribution in [3.8, 4) is 11.8 Å². The monoisotopic (exact) mass is 221 g/mol. The van der Waals surface area contributed by atoms with Gasteiger partial charge in [-0.05, 0) is 38.5 Å². The summed E-state index contributed by atoms with van der Waals surface area (Å²) < 4.78 is 0. The van der Waals surface area contributed by atoms with Crippen LogP contribution < -0.4 is 0 Å². The highest BCUT2D eigenvalue weighted by atomic mass is 17.2. The zero-order valence-electron chi connectivity index (χ0n) is 9.60. The third kappa shape index (κ3) is 3.89. The van der Waals surface area contributed by atoms with Crippen LogP contribution in [0.2, 0.25) is 0 Å². The van der Waals surface area contributed by atoms with Crippen LogP contribution >= 0.6 is 0 Å². The second kappa shape index (κ2) is 4.97. The molecule has 86 valence electrons. The Bertz CT molecular complexity index is 373. The molecule has 0 aliphatic carbocycles. The number of rotatable bonds is 3. The van der Waals surface area contributed by atoms with Gasteiger partial charge in [0.2, 0.25) is 6.10 Å². The first-order chi connectivity index (χ1) is 7.42. The van der Waals surface area contributed by atoms with E-state index in [1.54, 1.807) is 12.1 Å². The van der Waals surface area contributed by atoms with Crippen LogP contribution in [0, 0.1) is 11.3 Å². The average Bonchev–Trinajstić information content (AvgIpc) is 2.20. The Morgan fingerprint density at radius 3 is 2.25 bits per heavy atom. The first kappa shape index (κ1) is 12.5. The Balaban J connectivity index is 2.69. The van der Waals surface area contributed by atoms with E-state index in [0.717, 1.165) is 0 Å². The fourth-order valence-corrected chi connectivity index (χ4v) is 0.993. The number of benzene rings is 1. The van der Waals surface area contributed by atoms with Gasteiger partial charge in [-0.25, -0.2) is 9.78 Å². The highest BCUT2D eigenvalue weighted by Gasteiger charge is 2.18. The van der Waals surface area contributed by atoms with E-state index in [2.05, 4.69) is 0 Å². The van der Waals surface area contributed by atoms with Crippen LogP contribution in [0.15, 0.2) is 24.3 Å². The molecule has 1 rings (SSSR count). The molecule has 4 heteroatoms. The molecule has 1 atom stereocenters. The second-order valence-corrected chi connectivity index (χ2v) is 4.39. The minimum Gasteiger partial charge on any atom is -0.508 e. The minimum atomic E-state index is -0.792. The van der Waals surface area contributed by atoms with Crippen molar-refractivity contribution in [3.63, 3.8) is 0 Å². The molecule has 0 saturated heterocycles. The van der Waals surface area contributed by atoms with Crippen LogP contribution in [-0.2, 0) is 9.78 Å². The summed E-state index contributed by atoms with van der Waals surface area (Å²) in [6, 6.07) is 8.22. The van der Waals surface area contributed by atoms with Crippen molar-refractivity contribution in [1.29, 1.82) is 5.26 Å². The molecule has 4 nitrogen and oxygen atoms in total. The van der Waals surface area contributed by atoms with Crippen LogP contribution in [0.5, 0.6) is 5.75 Å². The maximum atomic E-state index is 9.12. The van der Waals surface area contributed by atoms with E-state index in [4.69, 9.17) is 20.1 Å². The van der Waals surface area contributed by atoms with E-state index in [1.807, 2.05) is 26.8 Å². The average molecular weight is 221 g/mol. The molecule has 0 spiro atoms. The summed E-state index contributed by atoms with van der Waals surface area (Å²) in [4.78, 5) is 10.1. The van der Waals surface area contributed by atoms with E-state index in [-0.39, 0.29) is 5.75 Å². The first-order valence-electron chi connectivity index (χ1n) is 4.95. The topological polar surface area (TPSA) is 62.5 Å². The van der Waals surface area contributed by atoms with Gasteiger partial charge in [0, 0.05) is 0 Å². The molecule has 0 saturated carbocycles. The summed E-state index contributed by atoms with van der Waals surface area (Å²) in [5, 5.41) is 18.0. The molecule has 1 unspecified atom stereocenters. The molecular weight excluding hydrogens is 206 g/mol. The summed E-state index contributed by atoms with van der Waals surface area (Å²) in [6.45, 7) is 5.49. The van der Waals surface area contributed by atoms with E-state index in [9.17, 15) is 0 Å². The van der Waals surface area contributed by atoms with Crippen molar-refractivity contribution in [3.05, 3.63) is 29.8 Å². The third-order valence-electron chi connectivity index (χ3n) is 1.71. The number of hydrogen-bond acceptors (Lipinski definition) is 4. The van der Waals surface area contributed by atoms with Crippen molar-refractivity contribution in [2.75, 3.05) is 0 Å². The molecule has 0 fully saturated rings. The van der Waals surface area contributed by atoms with E-state index >= 15 is 0 Å². The van der Waals surface area contributed by atoms with Crippen LogP contribution in [0.3, 0.4) is 0 Å². The van der Waals surface area contributed by atoms with Gasteiger partial charge in [-0.15, -0.1) is 0 Å². The van der Waals surface area contributed by atoms with Crippen molar-refractivity contribution < 1.29 is 14.9 Å². The van der Waals surface area contributed by atoms with Gasteiger partial charge < -0.3 is 5.11 Å². The summed E-state index contributed by atoms with van der Waals surface area (Å²) in [5.74, 6) is 0.150. The molecule has 0 bridgehead atoms. The molecule has 1 aromatic carbocycles. The fraction of sp³-hybridized carbons (Fsp3) is 0.417. The lowest BCUT2D eigenvalue weighted by atomic mass is 10.1. The fourth-order valence-electron chi connectivity index (χ4n) is 0.993. The van der Waals surface area contributed by atoms with Crippen molar-refractivity contribution in [1.82, 2.24) is 0 Å². The second-order valence-electron chi connectivity index (χ2n) is 4.39. The minimum absolute atomic E-state index is 0.150. The number of hydrogen-bond donors (Lipinski definition) is 1. The Morgan fingerprint density at radius 2 is 1.81 bits per heavy atom. The lowest BCUT2D eigenvalue weighted by molar-refractivity contribution is -0.365. The molecule has 1 aromatic rings. The summed E-state index contributed by atoms with van der Waals surface area (Å²) >= 11 is 0. The summed E-state index contributed by atoms with van der Waals surface area (Å²) in [5.41, 5.74) is 0.177. The number of phenolic OH excluding ortho intramolecular Hbond substituents is 1. The zero-order chi connectivity index (χ0) is 12.2. The zero-order valence-corrected chi connectivity index (χ0v) is 9.60. The van der Waals surface area contributed by atoms with Crippen molar-refractivity contribution in [2.45, 2.75) is 32.5 Å². The number of nitriles is 1. The SMILES string of the molecule is CC(C)(C)OOC(C#N)c1ccc(O)cc1. The first-order valence-corrected chi connectivity index (χ1v) is 4.95. The number of aromatic hydroxyl groups is 1. The molecule has 0 aromatic heterocycles. The Hall–Kier alpha value is -1.57. The van der Waals surface area contributed by atoms with Crippen LogP contribution in [-0.4, -0.2) is 10.7 Å². The van der Waals surface area contributed by atoms with Gasteiger partial charge in [0.15, 0.2) is 0 Å². The predicted molar refractivity (Wildman–Crippen MR) is 58.4 cm³/mol. The van der Waals surface area contributed by atoms with Gasteiger partial charge in [0.25, 0.3) is 0 Å². The molecule has 0 aliphatic rings. The van der Waals surface area contributed by atoms with Crippen molar-refractivity contribution in [2.24, 2.45) is 0 Å². The molecule has 1 N–H and O–H groups in total. The van der Waals surface area contributed by atoms with E-state index < -0.39 is 11.7 Å². The maximum Gasteiger partial charge on any atom is 0.204 e. The normalized spacial score (nSPS) is 13.1. The molecular formula is C12H15NO3. The van der Waals surface area contributed by atoms with E-state index in [0.29, 0.717) is 5.56 Å².